The summed E-state index contributed by atoms with van der Waals surface area (Å²) < 4.78 is 0. The van der Waals surface area contributed by atoms with Crippen molar-refractivity contribution >= 4 is 17.4 Å². The zero-order valence-electron chi connectivity index (χ0n) is 11.8. The molecule has 106 valence electrons. The monoisotopic (exact) mass is 282 g/mol. The quantitative estimate of drug-likeness (QED) is 0.898. The lowest BCUT2D eigenvalue weighted by atomic mass is 10.2. The molecule has 0 bridgehead atoms. The van der Waals surface area contributed by atoms with E-state index in [1.807, 2.05) is 12.1 Å². The minimum atomic E-state index is 0.389. The Hall–Kier alpha value is -0.840. The van der Waals surface area contributed by atoms with Crippen LogP contribution in [0.2, 0.25) is 5.02 Å². The summed E-state index contributed by atoms with van der Waals surface area (Å²) in [4.78, 5) is 9.41. The maximum Gasteiger partial charge on any atom is 0.129 e. The summed E-state index contributed by atoms with van der Waals surface area (Å²) in [7, 11) is 0. The summed E-state index contributed by atoms with van der Waals surface area (Å²) in [6.45, 7) is 9.15. The van der Waals surface area contributed by atoms with E-state index >= 15 is 0 Å². The fraction of sp³-hybridized carbons (Fsp3) is 0.643. The second kappa shape index (κ2) is 6.55. The molecule has 0 amide bonds. The molecule has 1 aliphatic rings. The highest BCUT2D eigenvalue weighted by atomic mass is 35.5. The Labute approximate surface area is 120 Å². The van der Waals surface area contributed by atoms with Crippen molar-refractivity contribution in [1.29, 1.82) is 0 Å². The van der Waals surface area contributed by atoms with Gasteiger partial charge in [0, 0.05) is 25.7 Å². The molecule has 19 heavy (non-hydrogen) atoms. The molecule has 4 nitrogen and oxygen atoms in total. The normalized spacial score (nSPS) is 19.4. The van der Waals surface area contributed by atoms with Gasteiger partial charge in [0.2, 0.25) is 0 Å². The number of halogens is 1. The topological polar surface area (TPSA) is 45.4 Å². The molecule has 2 heterocycles. The first-order valence-electron chi connectivity index (χ1n) is 7.04. The third-order valence-electron chi connectivity index (χ3n) is 3.91. The molecular formula is C14H23ClN4. The average molecular weight is 283 g/mol. The smallest absolute Gasteiger partial charge is 0.129 e. The van der Waals surface area contributed by atoms with Crippen molar-refractivity contribution in [2.24, 2.45) is 5.73 Å². The molecule has 1 unspecified atom stereocenters. The number of rotatable bonds is 5. The predicted octanol–water partition coefficient (Wildman–Crippen LogP) is 2.11. The van der Waals surface area contributed by atoms with Crippen LogP contribution < -0.4 is 10.6 Å². The van der Waals surface area contributed by atoms with Crippen molar-refractivity contribution in [3.8, 4) is 0 Å². The van der Waals surface area contributed by atoms with E-state index < -0.39 is 0 Å². The molecule has 0 saturated carbocycles. The lowest BCUT2D eigenvalue weighted by Gasteiger charge is -2.26. The fourth-order valence-electron chi connectivity index (χ4n) is 2.78. The van der Waals surface area contributed by atoms with Crippen molar-refractivity contribution in [2.45, 2.75) is 32.9 Å². The third kappa shape index (κ3) is 3.19. The molecule has 0 spiro atoms. The number of pyridine rings is 1. The van der Waals surface area contributed by atoms with Crippen LogP contribution in [-0.4, -0.2) is 42.1 Å². The Morgan fingerprint density at radius 3 is 2.79 bits per heavy atom. The first kappa shape index (κ1) is 14.6. The van der Waals surface area contributed by atoms with E-state index in [0.717, 1.165) is 37.7 Å². The van der Waals surface area contributed by atoms with Gasteiger partial charge in [0.1, 0.15) is 5.82 Å². The van der Waals surface area contributed by atoms with Gasteiger partial charge in [-0.2, -0.15) is 0 Å². The second-order valence-corrected chi connectivity index (χ2v) is 5.32. The van der Waals surface area contributed by atoms with Gasteiger partial charge in [-0.15, -0.1) is 0 Å². The van der Waals surface area contributed by atoms with E-state index in [2.05, 4.69) is 28.6 Å². The SMILES string of the molecule is CCN(CC)C1CCN(c2ccc(Cl)c(CN)n2)C1. The zero-order chi connectivity index (χ0) is 13.8. The molecule has 2 rings (SSSR count). The Morgan fingerprint density at radius 1 is 1.42 bits per heavy atom. The van der Waals surface area contributed by atoms with Gasteiger partial charge in [0.15, 0.2) is 0 Å². The van der Waals surface area contributed by atoms with Crippen LogP contribution >= 0.6 is 11.6 Å². The van der Waals surface area contributed by atoms with Gasteiger partial charge >= 0.3 is 0 Å². The molecule has 1 aliphatic heterocycles. The second-order valence-electron chi connectivity index (χ2n) is 4.91. The van der Waals surface area contributed by atoms with Gasteiger partial charge in [-0.3, -0.25) is 4.90 Å². The first-order chi connectivity index (χ1) is 9.19. The Morgan fingerprint density at radius 2 is 2.16 bits per heavy atom. The summed E-state index contributed by atoms with van der Waals surface area (Å²) in [5, 5.41) is 0.658. The van der Waals surface area contributed by atoms with Crippen LogP contribution in [-0.2, 0) is 6.54 Å². The van der Waals surface area contributed by atoms with Crippen molar-refractivity contribution in [3.63, 3.8) is 0 Å². The van der Waals surface area contributed by atoms with Gasteiger partial charge in [-0.25, -0.2) is 4.98 Å². The maximum absolute atomic E-state index is 6.06. The molecule has 1 fully saturated rings. The molecule has 0 radical (unpaired) electrons. The number of nitrogens with zero attached hydrogens (tertiary/aromatic N) is 3. The van der Waals surface area contributed by atoms with Crippen LogP contribution in [0, 0.1) is 0 Å². The molecular weight excluding hydrogens is 260 g/mol. The van der Waals surface area contributed by atoms with Crippen molar-refractivity contribution in [2.75, 3.05) is 31.1 Å². The van der Waals surface area contributed by atoms with Crippen molar-refractivity contribution in [1.82, 2.24) is 9.88 Å². The van der Waals surface area contributed by atoms with Crippen LogP contribution in [0.3, 0.4) is 0 Å². The van der Waals surface area contributed by atoms with E-state index in [0.29, 0.717) is 17.6 Å². The summed E-state index contributed by atoms with van der Waals surface area (Å²) in [5.41, 5.74) is 6.45. The third-order valence-corrected chi connectivity index (χ3v) is 4.26. The van der Waals surface area contributed by atoms with E-state index in [-0.39, 0.29) is 0 Å². The van der Waals surface area contributed by atoms with Crippen LogP contribution in [0.1, 0.15) is 26.0 Å². The molecule has 0 aliphatic carbocycles. The fourth-order valence-corrected chi connectivity index (χ4v) is 2.96. The lowest BCUT2D eigenvalue weighted by Crippen LogP contribution is -2.37. The molecule has 5 heteroatoms. The van der Waals surface area contributed by atoms with Crippen LogP contribution in [0.4, 0.5) is 5.82 Å². The molecule has 1 aromatic rings. The highest BCUT2D eigenvalue weighted by Crippen LogP contribution is 2.24. The molecule has 1 saturated heterocycles. The number of anilines is 1. The molecule has 2 N–H and O–H groups in total. The van der Waals surface area contributed by atoms with E-state index in [9.17, 15) is 0 Å². The standard InChI is InChI=1S/C14H23ClN4/c1-3-18(4-2)11-7-8-19(10-11)14-6-5-12(15)13(9-16)17-14/h5-6,11H,3-4,7-10,16H2,1-2H3. The number of hydrogen-bond donors (Lipinski definition) is 1. The first-order valence-corrected chi connectivity index (χ1v) is 7.41. The van der Waals surface area contributed by atoms with Crippen molar-refractivity contribution in [3.05, 3.63) is 22.8 Å². The Kier molecular flexibility index (Phi) is 5.02. The van der Waals surface area contributed by atoms with E-state index in [1.54, 1.807) is 0 Å². The molecule has 1 aromatic heterocycles. The van der Waals surface area contributed by atoms with Crippen molar-refractivity contribution < 1.29 is 0 Å². The summed E-state index contributed by atoms with van der Waals surface area (Å²) >= 11 is 6.06. The number of likely N-dealkylation sites (N-methyl/N-ethyl adjacent to an activating group) is 1. The summed E-state index contributed by atoms with van der Waals surface area (Å²) in [6, 6.07) is 4.52. The number of hydrogen-bond acceptors (Lipinski definition) is 4. The average Bonchev–Trinajstić information content (AvgIpc) is 2.90. The minimum Gasteiger partial charge on any atom is -0.355 e. The van der Waals surface area contributed by atoms with Crippen LogP contribution in [0.25, 0.3) is 0 Å². The number of nitrogens with two attached hydrogens (primary N) is 1. The van der Waals surface area contributed by atoms with Gasteiger partial charge in [-0.05, 0) is 31.6 Å². The highest BCUT2D eigenvalue weighted by Gasteiger charge is 2.27. The largest absolute Gasteiger partial charge is 0.355 e. The lowest BCUT2D eigenvalue weighted by molar-refractivity contribution is 0.232. The van der Waals surface area contributed by atoms with Gasteiger partial charge in [0.05, 0.1) is 10.7 Å². The van der Waals surface area contributed by atoms with E-state index in [4.69, 9.17) is 17.3 Å². The van der Waals surface area contributed by atoms with E-state index in [1.165, 1.54) is 6.42 Å². The Bertz CT molecular complexity index is 420. The molecule has 0 aromatic carbocycles. The summed E-state index contributed by atoms with van der Waals surface area (Å²) in [6.07, 6.45) is 1.20. The number of aromatic nitrogens is 1. The maximum atomic E-state index is 6.06. The summed E-state index contributed by atoms with van der Waals surface area (Å²) in [5.74, 6) is 1.000. The zero-order valence-corrected chi connectivity index (χ0v) is 12.5. The highest BCUT2D eigenvalue weighted by molar-refractivity contribution is 6.31. The molecule has 1 atom stereocenters. The van der Waals surface area contributed by atoms with Gasteiger partial charge < -0.3 is 10.6 Å². The van der Waals surface area contributed by atoms with Gasteiger partial charge in [-0.1, -0.05) is 25.4 Å². The van der Waals surface area contributed by atoms with Crippen LogP contribution in [0.5, 0.6) is 0 Å². The van der Waals surface area contributed by atoms with Gasteiger partial charge in [0.25, 0.3) is 0 Å². The Balaban J connectivity index is 2.08. The minimum absolute atomic E-state index is 0.389. The predicted molar refractivity (Wildman–Crippen MR) is 80.7 cm³/mol. The van der Waals surface area contributed by atoms with Crippen LogP contribution in [0.15, 0.2) is 12.1 Å².